The lowest BCUT2D eigenvalue weighted by Crippen LogP contribution is -2.11. The fourth-order valence-corrected chi connectivity index (χ4v) is 1.75. The number of rotatable bonds is 5. The third-order valence-electron chi connectivity index (χ3n) is 2.85. The van der Waals surface area contributed by atoms with Crippen LogP contribution in [0.25, 0.3) is 0 Å². The van der Waals surface area contributed by atoms with Gasteiger partial charge in [-0.3, -0.25) is 5.41 Å². The highest BCUT2D eigenvalue weighted by Gasteiger charge is 2.09. The Hall–Kier alpha value is -2.63. The molecule has 0 atom stereocenters. The summed E-state index contributed by atoms with van der Waals surface area (Å²) in [6.45, 7) is -0.145. The molecule has 0 unspecified atom stereocenters. The molecule has 0 spiro atoms. The molecule has 2 rings (SSSR count). The van der Waals surface area contributed by atoms with E-state index in [0.717, 1.165) is 6.07 Å². The zero-order chi connectivity index (χ0) is 15.4. The Labute approximate surface area is 120 Å². The molecule has 0 aliphatic carbocycles. The molecule has 0 bridgehead atoms. The van der Waals surface area contributed by atoms with Crippen LogP contribution in [0.2, 0.25) is 0 Å². The number of benzene rings is 2. The molecule has 0 aliphatic heterocycles. The number of hydrogen-bond donors (Lipinski definition) is 2. The van der Waals surface area contributed by atoms with Crippen molar-refractivity contribution in [1.29, 1.82) is 5.41 Å². The highest BCUT2D eigenvalue weighted by molar-refractivity contribution is 5.95. The van der Waals surface area contributed by atoms with Crippen molar-refractivity contribution in [2.24, 2.45) is 5.73 Å². The van der Waals surface area contributed by atoms with Gasteiger partial charge in [0, 0.05) is 17.2 Å². The Morgan fingerprint density at radius 2 is 1.90 bits per heavy atom. The predicted molar refractivity (Wildman–Crippen MR) is 74.7 cm³/mol. The maximum Gasteiger partial charge on any atom is 0.165 e. The van der Waals surface area contributed by atoms with Crippen LogP contribution in [-0.4, -0.2) is 12.9 Å². The molecule has 0 amide bonds. The predicted octanol–water partition coefficient (Wildman–Crippen LogP) is 2.84. The molecule has 0 radical (unpaired) electrons. The Bertz CT molecular complexity index is 675. The van der Waals surface area contributed by atoms with Crippen LogP contribution >= 0.6 is 0 Å². The third-order valence-corrected chi connectivity index (χ3v) is 2.85. The Balaban J connectivity index is 2.21. The zero-order valence-electron chi connectivity index (χ0n) is 11.3. The molecule has 4 nitrogen and oxygen atoms in total. The van der Waals surface area contributed by atoms with Crippen molar-refractivity contribution in [3.8, 4) is 11.5 Å². The van der Waals surface area contributed by atoms with Gasteiger partial charge in [-0.2, -0.15) is 0 Å². The van der Waals surface area contributed by atoms with Gasteiger partial charge < -0.3 is 15.2 Å². The van der Waals surface area contributed by atoms with Crippen LogP contribution in [0.4, 0.5) is 8.78 Å². The first-order chi connectivity index (χ1) is 10.0. The van der Waals surface area contributed by atoms with Crippen molar-refractivity contribution < 1.29 is 18.3 Å². The summed E-state index contributed by atoms with van der Waals surface area (Å²) in [5.41, 5.74) is 5.94. The van der Waals surface area contributed by atoms with E-state index in [2.05, 4.69) is 0 Å². The van der Waals surface area contributed by atoms with E-state index in [9.17, 15) is 8.78 Å². The summed E-state index contributed by atoms with van der Waals surface area (Å²) in [6.07, 6.45) is 0. The molecule has 2 aromatic rings. The van der Waals surface area contributed by atoms with Gasteiger partial charge in [0.2, 0.25) is 0 Å². The minimum Gasteiger partial charge on any atom is -0.497 e. The lowest BCUT2D eigenvalue weighted by atomic mass is 10.2. The number of methoxy groups -OCH3 is 1. The van der Waals surface area contributed by atoms with Crippen LogP contribution < -0.4 is 15.2 Å². The molecule has 0 fully saturated rings. The number of halogens is 2. The molecule has 0 saturated heterocycles. The summed E-state index contributed by atoms with van der Waals surface area (Å²) in [7, 11) is 1.47. The number of hydrogen-bond acceptors (Lipinski definition) is 3. The van der Waals surface area contributed by atoms with E-state index in [4.69, 9.17) is 20.6 Å². The summed E-state index contributed by atoms with van der Waals surface area (Å²) in [5.74, 6) is -1.20. The maximum atomic E-state index is 13.5. The minimum absolute atomic E-state index is 0.0993. The van der Waals surface area contributed by atoms with Crippen molar-refractivity contribution in [2.75, 3.05) is 7.11 Å². The summed E-state index contributed by atoms with van der Waals surface area (Å²) in [5, 5.41) is 7.42. The lowest BCUT2D eigenvalue weighted by Gasteiger charge is -2.11. The van der Waals surface area contributed by atoms with E-state index in [1.165, 1.54) is 25.3 Å². The van der Waals surface area contributed by atoms with Crippen LogP contribution in [0.5, 0.6) is 11.5 Å². The van der Waals surface area contributed by atoms with Gasteiger partial charge in [0.1, 0.15) is 23.9 Å². The van der Waals surface area contributed by atoms with E-state index in [1.54, 1.807) is 12.1 Å². The van der Waals surface area contributed by atoms with Crippen LogP contribution in [0, 0.1) is 17.0 Å². The van der Waals surface area contributed by atoms with Crippen LogP contribution in [0.15, 0.2) is 36.4 Å². The normalized spacial score (nSPS) is 10.2. The molecular weight excluding hydrogens is 278 g/mol. The lowest BCUT2D eigenvalue weighted by molar-refractivity contribution is 0.295. The number of nitrogens with two attached hydrogens (primary N) is 1. The molecule has 6 heteroatoms. The van der Waals surface area contributed by atoms with Gasteiger partial charge in [0.25, 0.3) is 0 Å². The molecular formula is C15H14F2N2O2. The first kappa shape index (κ1) is 14.8. The summed E-state index contributed by atoms with van der Waals surface area (Å²) < 4.78 is 37.1. The molecule has 110 valence electrons. The molecule has 0 aliphatic rings. The topological polar surface area (TPSA) is 68.3 Å². The van der Waals surface area contributed by atoms with Gasteiger partial charge in [-0.15, -0.1) is 0 Å². The van der Waals surface area contributed by atoms with Gasteiger partial charge in [-0.1, -0.05) is 12.1 Å². The Morgan fingerprint density at radius 3 is 2.57 bits per heavy atom. The van der Waals surface area contributed by atoms with Crippen molar-refractivity contribution >= 4 is 5.84 Å². The average molecular weight is 292 g/mol. The van der Waals surface area contributed by atoms with Gasteiger partial charge in [0.15, 0.2) is 11.6 Å². The number of ether oxygens (including phenoxy) is 2. The molecule has 21 heavy (non-hydrogen) atoms. The second-order valence-electron chi connectivity index (χ2n) is 4.31. The van der Waals surface area contributed by atoms with Crippen molar-refractivity contribution in [3.63, 3.8) is 0 Å². The van der Waals surface area contributed by atoms with E-state index in [0.29, 0.717) is 17.1 Å². The average Bonchev–Trinajstić information content (AvgIpc) is 2.48. The standard InChI is InChI=1S/C15H14F2N2O2/c1-20-11-5-10(15(18)19)6-12(7-11)21-8-9-3-2-4-13(16)14(9)17/h2-7H,8H2,1H3,(H3,18,19). The highest BCUT2D eigenvalue weighted by Crippen LogP contribution is 2.24. The molecule has 0 aromatic heterocycles. The van der Waals surface area contributed by atoms with Gasteiger partial charge in [-0.25, -0.2) is 8.78 Å². The Morgan fingerprint density at radius 1 is 1.19 bits per heavy atom. The number of nitrogens with one attached hydrogen (secondary N) is 1. The second kappa shape index (κ2) is 6.21. The quantitative estimate of drug-likeness (QED) is 0.657. The summed E-state index contributed by atoms with van der Waals surface area (Å²) >= 11 is 0. The van der Waals surface area contributed by atoms with Crippen LogP contribution in [0.3, 0.4) is 0 Å². The smallest absolute Gasteiger partial charge is 0.165 e. The minimum atomic E-state index is -0.938. The number of nitrogen functional groups attached to an aromatic ring is 1. The van der Waals surface area contributed by atoms with E-state index < -0.39 is 11.6 Å². The molecule has 0 heterocycles. The zero-order valence-corrected chi connectivity index (χ0v) is 11.3. The monoisotopic (exact) mass is 292 g/mol. The largest absolute Gasteiger partial charge is 0.497 e. The van der Waals surface area contributed by atoms with Gasteiger partial charge >= 0.3 is 0 Å². The maximum absolute atomic E-state index is 13.5. The van der Waals surface area contributed by atoms with Crippen LogP contribution in [-0.2, 0) is 6.61 Å². The first-order valence-corrected chi connectivity index (χ1v) is 6.10. The van der Waals surface area contributed by atoms with Gasteiger partial charge in [-0.05, 0) is 18.2 Å². The Kier molecular flexibility index (Phi) is 4.37. The summed E-state index contributed by atoms with van der Waals surface area (Å²) in [4.78, 5) is 0. The third kappa shape index (κ3) is 3.47. The van der Waals surface area contributed by atoms with E-state index in [-0.39, 0.29) is 18.0 Å². The van der Waals surface area contributed by atoms with Gasteiger partial charge in [0.05, 0.1) is 7.11 Å². The van der Waals surface area contributed by atoms with Crippen molar-refractivity contribution in [1.82, 2.24) is 0 Å². The molecule has 2 aromatic carbocycles. The molecule has 0 saturated carbocycles. The van der Waals surface area contributed by atoms with Crippen molar-refractivity contribution in [2.45, 2.75) is 6.61 Å². The highest BCUT2D eigenvalue weighted by atomic mass is 19.2. The van der Waals surface area contributed by atoms with Crippen LogP contribution in [0.1, 0.15) is 11.1 Å². The van der Waals surface area contributed by atoms with Crippen molar-refractivity contribution in [3.05, 3.63) is 59.2 Å². The second-order valence-corrected chi connectivity index (χ2v) is 4.31. The van der Waals surface area contributed by atoms with E-state index in [1.807, 2.05) is 0 Å². The fourth-order valence-electron chi connectivity index (χ4n) is 1.75. The number of amidine groups is 1. The fraction of sp³-hybridized carbons (Fsp3) is 0.133. The SMILES string of the molecule is COc1cc(OCc2cccc(F)c2F)cc(C(=N)N)c1. The van der Waals surface area contributed by atoms with E-state index >= 15 is 0 Å². The first-order valence-electron chi connectivity index (χ1n) is 6.10. The summed E-state index contributed by atoms with van der Waals surface area (Å²) in [6, 6.07) is 8.57. The molecule has 3 N–H and O–H groups in total.